The van der Waals surface area contributed by atoms with Gasteiger partial charge >= 0.3 is 0 Å². The van der Waals surface area contributed by atoms with E-state index in [4.69, 9.17) is 0 Å². The number of hydrogen-bond acceptors (Lipinski definition) is 2. The van der Waals surface area contributed by atoms with Gasteiger partial charge in [-0.05, 0) is 31.1 Å². The van der Waals surface area contributed by atoms with Gasteiger partial charge in [-0.2, -0.15) is 0 Å². The van der Waals surface area contributed by atoms with Gasteiger partial charge in [0.15, 0.2) is 0 Å². The summed E-state index contributed by atoms with van der Waals surface area (Å²) in [6.07, 6.45) is 13.0. The second-order valence-corrected chi connectivity index (χ2v) is 6.81. The summed E-state index contributed by atoms with van der Waals surface area (Å²) in [5, 5.41) is 7.42. The zero-order valence-electron chi connectivity index (χ0n) is 12.4. The van der Waals surface area contributed by atoms with Crippen LogP contribution < -0.4 is 10.6 Å². The molecule has 1 aliphatic heterocycles. The fourth-order valence-corrected chi connectivity index (χ4v) is 3.83. The molecule has 0 radical (unpaired) electrons. The van der Waals surface area contributed by atoms with Crippen molar-refractivity contribution in [2.75, 3.05) is 6.67 Å². The summed E-state index contributed by atoms with van der Waals surface area (Å²) in [7, 11) is 0. The van der Waals surface area contributed by atoms with Crippen molar-refractivity contribution < 1.29 is 0 Å². The van der Waals surface area contributed by atoms with Crippen molar-refractivity contribution in [2.45, 2.75) is 83.7 Å². The fraction of sp³-hybridized carbons (Fsp3) is 1.00. The van der Waals surface area contributed by atoms with Crippen molar-refractivity contribution >= 4 is 0 Å². The molecule has 2 atom stereocenters. The molecule has 2 fully saturated rings. The van der Waals surface area contributed by atoms with Gasteiger partial charge < -0.3 is 5.32 Å². The fourth-order valence-electron chi connectivity index (χ4n) is 3.83. The van der Waals surface area contributed by atoms with E-state index < -0.39 is 0 Å². The Hall–Kier alpha value is -0.0800. The summed E-state index contributed by atoms with van der Waals surface area (Å²) in [6, 6.07) is 1.46. The van der Waals surface area contributed by atoms with Crippen LogP contribution in [-0.2, 0) is 0 Å². The molecule has 2 aliphatic rings. The molecule has 2 unspecified atom stereocenters. The molecule has 0 bridgehead atoms. The number of rotatable bonds is 3. The van der Waals surface area contributed by atoms with E-state index in [-0.39, 0.29) is 0 Å². The van der Waals surface area contributed by atoms with Crippen LogP contribution in [-0.4, -0.2) is 18.8 Å². The maximum absolute atomic E-state index is 3.74. The molecule has 1 saturated heterocycles. The largest absolute Gasteiger partial charge is 0.300 e. The number of nitrogens with one attached hydrogen (secondary N) is 2. The van der Waals surface area contributed by atoms with Crippen molar-refractivity contribution in [3.63, 3.8) is 0 Å². The second-order valence-electron chi connectivity index (χ2n) is 6.81. The van der Waals surface area contributed by atoms with Crippen molar-refractivity contribution in [2.24, 2.45) is 11.8 Å². The highest BCUT2D eigenvalue weighted by Gasteiger charge is 2.32. The lowest BCUT2D eigenvalue weighted by Gasteiger charge is -2.29. The van der Waals surface area contributed by atoms with E-state index >= 15 is 0 Å². The SMILES string of the molecule is CC(C)CC1NCNC1C1CCCCCCCC1. The average Bonchev–Trinajstić information content (AvgIpc) is 2.80. The highest BCUT2D eigenvalue weighted by molar-refractivity contribution is 4.92. The summed E-state index contributed by atoms with van der Waals surface area (Å²) >= 11 is 0. The Morgan fingerprint density at radius 1 is 0.889 bits per heavy atom. The Morgan fingerprint density at radius 2 is 1.50 bits per heavy atom. The van der Waals surface area contributed by atoms with Crippen molar-refractivity contribution in [1.82, 2.24) is 10.6 Å². The molecule has 18 heavy (non-hydrogen) atoms. The maximum Gasteiger partial charge on any atom is 0.0459 e. The third-order valence-electron chi connectivity index (χ3n) is 4.77. The third-order valence-corrected chi connectivity index (χ3v) is 4.77. The zero-order valence-corrected chi connectivity index (χ0v) is 12.4. The van der Waals surface area contributed by atoms with Crippen LogP contribution in [0.5, 0.6) is 0 Å². The van der Waals surface area contributed by atoms with E-state index in [0.29, 0.717) is 0 Å². The van der Waals surface area contributed by atoms with Crippen LogP contribution in [0.15, 0.2) is 0 Å². The van der Waals surface area contributed by atoms with Crippen LogP contribution in [0.2, 0.25) is 0 Å². The molecule has 0 amide bonds. The molecule has 106 valence electrons. The van der Waals surface area contributed by atoms with E-state index in [1.54, 1.807) is 0 Å². The third kappa shape index (κ3) is 4.24. The van der Waals surface area contributed by atoms with Gasteiger partial charge in [0, 0.05) is 18.8 Å². The van der Waals surface area contributed by atoms with Gasteiger partial charge in [-0.1, -0.05) is 52.4 Å². The summed E-state index contributed by atoms with van der Waals surface area (Å²) in [6.45, 7) is 5.72. The summed E-state index contributed by atoms with van der Waals surface area (Å²) in [5.41, 5.74) is 0. The van der Waals surface area contributed by atoms with Crippen LogP contribution in [0.4, 0.5) is 0 Å². The van der Waals surface area contributed by atoms with E-state index in [2.05, 4.69) is 24.5 Å². The predicted molar refractivity (Wildman–Crippen MR) is 78.6 cm³/mol. The quantitative estimate of drug-likeness (QED) is 0.801. The molecule has 1 saturated carbocycles. The molecule has 0 spiro atoms. The Balaban J connectivity index is 1.89. The van der Waals surface area contributed by atoms with E-state index in [0.717, 1.165) is 30.6 Å². The Morgan fingerprint density at radius 3 is 2.11 bits per heavy atom. The first kappa shape index (κ1) is 14.3. The van der Waals surface area contributed by atoms with Crippen molar-refractivity contribution in [3.8, 4) is 0 Å². The first-order chi connectivity index (χ1) is 8.77. The maximum atomic E-state index is 3.74. The highest BCUT2D eigenvalue weighted by atomic mass is 15.2. The highest BCUT2D eigenvalue weighted by Crippen LogP contribution is 2.28. The van der Waals surface area contributed by atoms with Gasteiger partial charge in [0.2, 0.25) is 0 Å². The molecular weight excluding hydrogens is 220 g/mol. The smallest absolute Gasteiger partial charge is 0.0459 e. The van der Waals surface area contributed by atoms with E-state index in [1.807, 2.05) is 0 Å². The average molecular weight is 252 g/mol. The molecule has 2 heteroatoms. The van der Waals surface area contributed by atoms with Crippen LogP contribution in [0.1, 0.15) is 71.6 Å². The van der Waals surface area contributed by atoms with Gasteiger partial charge in [-0.25, -0.2) is 0 Å². The van der Waals surface area contributed by atoms with Gasteiger partial charge in [-0.3, -0.25) is 5.32 Å². The topological polar surface area (TPSA) is 24.1 Å². The van der Waals surface area contributed by atoms with Crippen molar-refractivity contribution in [3.05, 3.63) is 0 Å². The van der Waals surface area contributed by atoms with Crippen LogP contribution >= 0.6 is 0 Å². The second kappa shape index (κ2) is 7.49. The normalized spacial score (nSPS) is 32.2. The van der Waals surface area contributed by atoms with Crippen LogP contribution in [0.3, 0.4) is 0 Å². The first-order valence-corrected chi connectivity index (χ1v) is 8.24. The van der Waals surface area contributed by atoms with Gasteiger partial charge in [0.05, 0.1) is 0 Å². The Kier molecular flexibility index (Phi) is 5.97. The minimum absolute atomic E-state index is 0.718. The lowest BCUT2D eigenvalue weighted by molar-refractivity contribution is 0.285. The zero-order chi connectivity index (χ0) is 12.8. The standard InChI is InChI=1S/C16H32N2/c1-13(2)11-15-16(18-12-17-15)14-9-7-5-3-4-6-8-10-14/h13-18H,3-12H2,1-2H3. The molecule has 2 nitrogen and oxygen atoms in total. The summed E-state index contributed by atoms with van der Waals surface area (Å²) < 4.78 is 0. The van der Waals surface area contributed by atoms with E-state index in [9.17, 15) is 0 Å². The lowest BCUT2D eigenvalue weighted by Crippen LogP contribution is -2.40. The molecule has 0 aromatic heterocycles. The molecule has 2 rings (SSSR count). The minimum Gasteiger partial charge on any atom is -0.300 e. The molecular formula is C16H32N2. The van der Waals surface area contributed by atoms with Gasteiger partial charge in [0.1, 0.15) is 0 Å². The number of hydrogen-bond donors (Lipinski definition) is 2. The monoisotopic (exact) mass is 252 g/mol. The summed E-state index contributed by atoms with van der Waals surface area (Å²) in [5.74, 6) is 1.73. The Labute approximate surface area is 113 Å². The van der Waals surface area contributed by atoms with Gasteiger partial charge in [0.25, 0.3) is 0 Å². The predicted octanol–water partition coefficient (Wildman–Crippen LogP) is 3.67. The molecule has 0 aromatic carbocycles. The molecule has 1 aliphatic carbocycles. The molecule has 2 N–H and O–H groups in total. The van der Waals surface area contributed by atoms with E-state index in [1.165, 1.54) is 57.8 Å². The Bertz CT molecular complexity index is 217. The lowest BCUT2D eigenvalue weighted by atomic mass is 9.84. The van der Waals surface area contributed by atoms with Crippen molar-refractivity contribution in [1.29, 1.82) is 0 Å². The molecule has 0 aromatic rings. The summed E-state index contributed by atoms with van der Waals surface area (Å²) in [4.78, 5) is 0. The minimum atomic E-state index is 0.718. The van der Waals surface area contributed by atoms with Gasteiger partial charge in [-0.15, -0.1) is 0 Å². The molecule has 1 heterocycles. The first-order valence-electron chi connectivity index (χ1n) is 8.24. The van der Waals surface area contributed by atoms with Crippen LogP contribution in [0.25, 0.3) is 0 Å². The van der Waals surface area contributed by atoms with Crippen LogP contribution in [0, 0.1) is 11.8 Å².